The van der Waals surface area contributed by atoms with Crippen LogP contribution in [0.15, 0.2) is 12.1 Å². The molecule has 1 amide bonds. The smallest absolute Gasteiger partial charge is 0.258 e. The Morgan fingerprint density at radius 2 is 1.81 bits per heavy atom. The SMILES string of the molecule is O=C(COc1cc(Cl)c(Cl)cc1Cl)NCC1(O)CCCC1. The monoisotopic (exact) mass is 351 g/mol. The van der Waals surface area contributed by atoms with E-state index >= 15 is 0 Å². The van der Waals surface area contributed by atoms with E-state index in [1.54, 1.807) is 0 Å². The number of amides is 1. The highest BCUT2D eigenvalue weighted by atomic mass is 35.5. The molecule has 1 aliphatic carbocycles. The molecule has 0 heterocycles. The Hall–Kier alpha value is -0.680. The van der Waals surface area contributed by atoms with Crippen molar-refractivity contribution in [3.8, 4) is 5.75 Å². The molecule has 0 atom stereocenters. The summed E-state index contributed by atoms with van der Waals surface area (Å²) < 4.78 is 5.31. The molecule has 0 aliphatic heterocycles. The van der Waals surface area contributed by atoms with Crippen LogP contribution in [0.4, 0.5) is 0 Å². The molecule has 116 valence electrons. The van der Waals surface area contributed by atoms with Gasteiger partial charge < -0.3 is 15.2 Å². The van der Waals surface area contributed by atoms with Gasteiger partial charge in [-0.3, -0.25) is 4.79 Å². The molecule has 1 fully saturated rings. The summed E-state index contributed by atoms with van der Waals surface area (Å²) in [6.07, 6.45) is 3.41. The van der Waals surface area contributed by atoms with Crippen LogP contribution in [0.5, 0.6) is 5.75 Å². The zero-order valence-corrected chi connectivity index (χ0v) is 13.6. The molecule has 0 saturated heterocycles. The molecule has 1 saturated carbocycles. The average molecular weight is 353 g/mol. The van der Waals surface area contributed by atoms with E-state index in [0.717, 1.165) is 12.8 Å². The molecule has 7 heteroatoms. The summed E-state index contributed by atoms with van der Waals surface area (Å²) in [6, 6.07) is 2.92. The van der Waals surface area contributed by atoms with Gasteiger partial charge in [0.2, 0.25) is 0 Å². The van der Waals surface area contributed by atoms with E-state index in [9.17, 15) is 9.90 Å². The maximum atomic E-state index is 11.7. The van der Waals surface area contributed by atoms with Crippen molar-refractivity contribution in [2.45, 2.75) is 31.3 Å². The first-order valence-corrected chi connectivity index (χ1v) is 7.79. The van der Waals surface area contributed by atoms with Crippen LogP contribution in [0.1, 0.15) is 25.7 Å². The average Bonchev–Trinajstić information content (AvgIpc) is 2.86. The number of benzene rings is 1. The Bertz CT molecular complexity index is 530. The largest absolute Gasteiger partial charge is 0.482 e. The third kappa shape index (κ3) is 4.65. The minimum Gasteiger partial charge on any atom is -0.482 e. The van der Waals surface area contributed by atoms with Gasteiger partial charge in [-0.1, -0.05) is 47.6 Å². The number of hydrogen-bond donors (Lipinski definition) is 2. The zero-order valence-electron chi connectivity index (χ0n) is 11.3. The fourth-order valence-electron chi connectivity index (χ4n) is 2.28. The topological polar surface area (TPSA) is 58.6 Å². The van der Waals surface area contributed by atoms with Crippen LogP contribution in [-0.4, -0.2) is 29.8 Å². The van der Waals surface area contributed by atoms with E-state index in [1.807, 2.05) is 0 Å². The van der Waals surface area contributed by atoms with Gasteiger partial charge in [0.25, 0.3) is 5.91 Å². The standard InChI is InChI=1S/C14H16Cl3NO3/c15-9-5-11(17)12(6-10(9)16)21-7-13(19)18-8-14(20)3-1-2-4-14/h5-6,20H,1-4,7-8H2,(H,18,19). The lowest BCUT2D eigenvalue weighted by molar-refractivity contribution is -0.124. The molecule has 0 radical (unpaired) electrons. The first-order chi connectivity index (χ1) is 9.89. The van der Waals surface area contributed by atoms with E-state index in [1.165, 1.54) is 12.1 Å². The van der Waals surface area contributed by atoms with Crippen LogP contribution in [0.2, 0.25) is 15.1 Å². The summed E-state index contributed by atoms with van der Waals surface area (Å²) in [7, 11) is 0. The van der Waals surface area contributed by atoms with Gasteiger partial charge in [0.05, 0.1) is 20.7 Å². The molecule has 0 spiro atoms. The predicted octanol–water partition coefficient (Wildman–Crippen LogP) is 3.45. The first kappa shape index (κ1) is 16.7. The van der Waals surface area contributed by atoms with Crippen molar-refractivity contribution in [1.82, 2.24) is 5.32 Å². The second-order valence-electron chi connectivity index (χ2n) is 5.19. The molecule has 1 aliphatic rings. The Morgan fingerprint density at radius 1 is 1.19 bits per heavy atom. The minimum atomic E-state index is -0.781. The number of ether oxygens (including phenoxy) is 1. The van der Waals surface area contributed by atoms with Gasteiger partial charge in [-0.15, -0.1) is 0 Å². The van der Waals surface area contributed by atoms with Crippen LogP contribution in [0.25, 0.3) is 0 Å². The number of carbonyl (C=O) groups excluding carboxylic acids is 1. The summed E-state index contributed by atoms with van der Waals surface area (Å²) in [5.74, 6) is -0.0294. The van der Waals surface area contributed by atoms with E-state index in [-0.39, 0.29) is 24.1 Å². The second kappa shape index (κ2) is 7.05. The molecule has 0 aromatic heterocycles. The molecular weight excluding hydrogens is 337 g/mol. The molecular formula is C14H16Cl3NO3. The van der Waals surface area contributed by atoms with Crippen molar-refractivity contribution < 1.29 is 14.6 Å². The molecule has 1 aromatic rings. The van der Waals surface area contributed by atoms with Crippen LogP contribution in [-0.2, 0) is 4.79 Å². The maximum absolute atomic E-state index is 11.7. The Balaban J connectivity index is 1.82. The zero-order chi connectivity index (χ0) is 15.5. The van der Waals surface area contributed by atoms with Gasteiger partial charge in [-0.25, -0.2) is 0 Å². The highest BCUT2D eigenvalue weighted by Gasteiger charge is 2.31. The third-order valence-corrected chi connectivity index (χ3v) is 4.50. The highest BCUT2D eigenvalue weighted by molar-refractivity contribution is 6.43. The van der Waals surface area contributed by atoms with Crippen molar-refractivity contribution in [2.24, 2.45) is 0 Å². The predicted molar refractivity (Wildman–Crippen MR) is 83.4 cm³/mol. The molecule has 0 unspecified atom stereocenters. The number of aliphatic hydroxyl groups is 1. The van der Waals surface area contributed by atoms with E-state index in [2.05, 4.69) is 5.32 Å². The maximum Gasteiger partial charge on any atom is 0.258 e. The van der Waals surface area contributed by atoms with Crippen LogP contribution in [0.3, 0.4) is 0 Å². The third-order valence-electron chi connectivity index (χ3n) is 3.48. The van der Waals surface area contributed by atoms with Crippen molar-refractivity contribution in [2.75, 3.05) is 13.2 Å². The molecule has 2 N–H and O–H groups in total. The van der Waals surface area contributed by atoms with E-state index < -0.39 is 5.60 Å². The number of hydrogen-bond acceptors (Lipinski definition) is 3. The summed E-state index contributed by atoms with van der Waals surface area (Å²) >= 11 is 17.6. The van der Waals surface area contributed by atoms with Gasteiger partial charge in [0.1, 0.15) is 5.75 Å². The van der Waals surface area contributed by atoms with Gasteiger partial charge in [0.15, 0.2) is 6.61 Å². The Labute approximate surface area is 138 Å². The summed E-state index contributed by atoms with van der Waals surface area (Å²) in [4.78, 5) is 11.7. The fraction of sp³-hybridized carbons (Fsp3) is 0.500. The molecule has 1 aromatic carbocycles. The van der Waals surface area contributed by atoms with Crippen LogP contribution >= 0.6 is 34.8 Å². The Morgan fingerprint density at radius 3 is 2.48 bits per heavy atom. The number of halogens is 3. The minimum absolute atomic E-state index is 0.201. The lowest BCUT2D eigenvalue weighted by Gasteiger charge is -2.22. The van der Waals surface area contributed by atoms with Gasteiger partial charge in [-0.05, 0) is 18.9 Å². The second-order valence-corrected chi connectivity index (χ2v) is 6.42. The number of rotatable bonds is 5. The molecule has 0 bridgehead atoms. The van der Waals surface area contributed by atoms with Crippen molar-refractivity contribution in [1.29, 1.82) is 0 Å². The van der Waals surface area contributed by atoms with E-state index in [4.69, 9.17) is 39.5 Å². The first-order valence-electron chi connectivity index (χ1n) is 6.66. The summed E-state index contributed by atoms with van der Waals surface area (Å²) in [6.45, 7) is 0.0397. The lowest BCUT2D eigenvalue weighted by atomic mass is 10.0. The lowest BCUT2D eigenvalue weighted by Crippen LogP contribution is -2.42. The van der Waals surface area contributed by atoms with Crippen LogP contribution < -0.4 is 10.1 Å². The normalized spacial score (nSPS) is 16.8. The van der Waals surface area contributed by atoms with Gasteiger partial charge >= 0.3 is 0 Å². The summed E-state index contributed by atoms with van der Waals surface area (Å²) in [5.41, 5.74) is -0.781. The van der Waals surface area contributed by atoms with Gasteiger partial charge in [0, 0.05) is 12.6 Å². The summed E-state index contributed by atoms with van der Waals surface area (Å²) in [5, 5.41) is 13.7. The Kier molecular flexibility index (Phi) is 5.60. The quantitative estimate of drug-likeness (QED) is 0.798. The van der Waals surface area contributed by atoms with Crippen LogP contribution in [0, 0.1) is 0 Å². The van der Waals surface area contributed by atoms with Gasteiger partial charge in [-0.2, -0.15) is 0 Å². The van der Waals surface area contributed by atoms with Crippen molar-refractivity contribution in [3.05, 3.63) is 27.2 Å². The van der Waals surface area contributed by atoms with Crippen molar-refractivity contribution >= 4 is 40.7 Å². The highest BCUT2D eigenvalue weighted by Crippen LogP contribution is 2.33. The fourth-order valence-corrected chi connectivity index (χ4v) is 2.87. The number of nitrogens with one attached hydrogen (secondary N) is 1. The van der Waals surface area contributed by atoms with E-state index in [0.29, 0.717) is 28.6 Å². The molecule has 4 nitrogen and oxygen atoms in total. The molecule has 21 heavy (non-hydrogen) atoms. The number of carbonyl (C=O) groups is 1. The van der Waals surface area contributed by atoms with Crippen molar-refractivity contribution in [3.63, 3.8) is 0 Å². The molecule has 2 rings (SSSR count).